The van der Waals surface area contributed by atoms with Gasteiger partial charge in [-0.2, -0.15) is 0 Å². The Morgan fingerprint density at radius 1 is 1.33 bits per heavy atom. The lowest BCUT2D eigenvalue weighted by atomic mass is 9.81. The Bertz CT molecular complexity index is 241. The highest BCUT2D eigenvalue weighted by Gasteiger charge is 2.57. The molecule has 2 bridgehead atoms. The summed E-state index contributed by atoms with van der Waals surface area (Å²) >= 11 is 0. The zero-order chi connectivity index (χ0) is 8.29. The number of hydrogen-bond donors (Lipinski definition) is 0. The van der Waals surface area contributed by atoms with Gasteiger partial charge in [-0.3, -0.25) is 4.79 Å². The molecule has 0 aromatic carbocycles. The van der Waals surface area contributed by atoms with Crippen LogP contribution in [0.3, 0.4) is 0 Å². The molecule has 3 radical (unpaired) electrons. The van der Waals surface area contributed by atoms with Gasteiger partial charge in [-0.15, -0.1) is 0 Å². The molecule has 3 rings (SSSR count). The van der Waals surface area contributed by atoms with Crippen LogP contribution in [0.25, 0.3) is 0 Å². The second kappa shape index (κ2) is 2.13. The zero-order valence-electron chi connectivity index (χ0n) is 6.82. The lowest BCUT2D eigenvalue weighted by Crippen LogP contribution is -2.26. The van der Waals surface area contributed by atoms with E-state index in [2.05, 4.69) is 10.2 Å². The van der Waals surface area contributed by atoms with Crippen molar-refractivity contribution in [2.24, 2.45) is 23.7 Å². The van der Waals surface area contributed by atoms with Crippen molar-refractivity contribution < 1.29 is 9.53 Å². The van der Waals surface area contributed by atoms with Gasteiger partial charge >= 0.3 is 5.97 Å². The minimum Gasteiger partial charge on any atom is -0.465 e. The Labute approximate surface area is 75.1 Å². The number of carbonyl (C=O) groups excluding carboxylic acids is 1. The Balaban J connectivity index is 1.94. The molecule has 0 amide bonds. The van der Waals surface area contributed by atoms with Gasteiger partial charge in [0.1, 0.15) is 0 Å². The molecule has 3 aliphatic rings. The maximum atomic E-state index is 11.3. The molecule has 1 saturated heterocycles. The third-order valence-corrected chi connectivity index (χ3v) is 4.52. The van der Waals surface area contributed by atoms with Gasteiger partial charge in [0.2, 0.25) is 0 Å². The van der Waals surface area contributed by atoms with Crippen molar-refractivity contribution in [1.29, 1.82) is 0 Å². The average Bonchev–Trinajstić information content (AvgIpc) is 2.62. The summed E-state index contributed by atoms with van der Waals surface area (Å²) < 4.78 is 5.09. The first-order valence-electron chi connectivity index (χ1n) is 4.65. The molecule has 63 valence electrons. The number of fused-ring (bicyclic) bond motifs is 5. The van der Waals surface area contributed by atoms with Gasteiger partial charge in [-0.25, -0.2) is 0 Å². The third-order valence-electron chi connectivity index (χ3n) is 3.86. The van der Waals surface area contributed by atoms with Gasteiger partial charge in [-0.1, -0.05) is 0 Å². The number of esters is 1. The van der Waals surface area contributed by atoms with Crippen molar-refractivity contribution >= 4 is 16.2 Å². The lowest BCUT2D eigenvalue weighted by molar-refractivity contribution is -0.142. The first-order chi connectivity index (χ1) is 5.77. The molecular weight excluding hydrogens is 168 g/mol. The first kappa shape index (κ1) is 7.13. The van der Waals surface area contributed by atoms with Crippen LogP contribution in [-0.4, -0.2) is 22.8 Å². The number of hydrogen-bond acceptors (Lipinski definition) is 2. The fraction of sp³-hybridized carbons (Fsp3) is 0.889. The van der Waals surface area contributed by atoms with Crippen molar-refractivity contribution in [1.82, 2.24) is 0 Å². The quantitative estimate of drug-likeness (QED) is 0.405. The van der Waals surface area contributed by atoms with Gasteiger partial charge in [0.05, 0.1) is 12.5 Å². The smallest absolute Gasteiger partial charge is 0.309 e. The lowest BCUT2D eigenvalue weighted by Gasteiger charge is -2.25. The Morgan fingerprint density at radius 3 is 3.00 bits per heavy atom. The average molecular weight is 179 g/mol. The second-order valence-electron chi connectivity index (χ2n) is 4.32. The summed E-state index contributed by atoms with van der Waals surface area (Å²) in [6, 6.07) is 0. The van der Waals surface area contributed by atoms with Crippen molar-refractivity contribution in [3.05, 3.63) is 0 Å². The largest absolute Gasteiger partial charge is 0.465 e. The van der Waals surface area contributed by atoms with Crippen LogP contribution in [0, 0.1) is 23.7 Å². The highest BCUT2D eigenvalue weighted by atomic mass is 28.1. The maximum absolute atomic E-state index is 11.3. The molecule has 0 N–H and O–H groups in total. The van der Waals surface area contributed by atoms with Crippen LogP contribution in [-0.2, 0) is 9.53 Å². The summed E-state index contributed by atoms with van der Waals surface area (Å²) in [5.74, 6) is 2.22. The SMILES string of the molecule is O=C1OCC2C3CC(CC3[Si])C12. The highest BCUT2D eigenvalue weighted by molar-refractivity contribution is 6.12. The van der Waals surface area contributed by atoms with Crippen LogP contribution in [0.2, 0.25) is 5.54 Å². The molecule has 2 aliphatic carbocycles. The van der Waals surface area contributed by atoms with Crippen LogP contribution in [0.4, 0.5) is 0 Å². The van der Waals surface area contributed by atoms with Crippen molar-refractivity contribution in [2.45, 2.75) is 18.4 Å². The molecule has 1 heterocycles. The van der Waals surface area contributed by atoms with Gasteiger partial charge in [-0.05, 0) is 30.2 Å². The van der Waals surface area contributed by atoms with E-state index in [-0.39, 0.29) is 11.9 Å². The van der Waals surface area contributed by atoms with E-state index in [1.165, 1.54) is 12.8 Å². The molecule has 2 nitrogen and oxygen atoms in total. The van der Waals surface area contributed by atoms with E-state index in [9.17, 15) is 4.79 Å². The van der Waals surface area contributed by atoms with Gasteiger partial charge < -0.3 is 4.74 Å². The van der Waals surface area contributed by atoms with Crippen LogP contribution in [0.1, 0.15) is 12.8 Å². The number of carbonyl (C=O) groups is 1. The molecule has 12 heavy (non-hydrogen) atoms. The van der Waals surface area contributed by atoms with Gasteiger partial charge in [0, 0.05) is 16.2 Å². The van der Waals surface area contributed by atoms with Crippen molar-refractivity contribution in [2.75, 3.05) is 6.61 Å². The molecule has 0 aromatic rings. The second-order valence-corrected chi connectivity index (χ2v) is 5.06. The van der Waals surface area contributed by atoms with E-state index in [0.29, 0.717) is 29.9 Å². The molecule has 1 aliphatic heterocycles. The summed E-state index contributed by atoms with van der Waals surface area (Å²) in [4.78, 5) is 11.3. The van der Waals surface area contributed by atoms with Crippen LogP contribution in [0.5, 0.6) is 0 Å². The Hall–Kier alpha value is -0.313. The fourth-order valence-electron chi connectivity index (χ4n) is 3.36. The van der Waals surface area contributed by atoms with Crippen LogP contribution >= 0.6 is 0 Å². The first-order valence-corrected chi connectivity index (χ1v) is 5.23. The molecule has 3 heteroatoms. The van der Waals surface area contributed by atoms with E-state index < -0.39 is 0 Å². The standard InChI is InChI=1S/C9H11O2Si/c10-9-8-4-1-5(7(12)2-4)6(8)3-11-9/h4-8H,1-3H2. The Kier molecular flexibility index (Phi) is 1.27. The molecular formula is C9H11O2Si. The molecule has 2 saturated carbocycles. The predicted molar refractivity (Wildman–Crippen MR) is 43.7 cm³/mol. The predicted octanol–water partition coefficient (Wildman–Crippen LogP) is 0.772. The van der Waals surface area contributed by atoms with Crippen LogP contribution < -0.4 is 0 Å². The van der Waals surface area contributed by atoms with E-state index >= 15 is 0 Å². The zero-order valence-corrected chi connectivity index (χ0v) is 7.82. The summed E-state index contributed by atoms with van der Waals surface area (Å²) in [5.41, 5.74) is 0.644. The maximum Gasteiger partial charge on any atom is 0.309 e. The molecule has 0 spiro atoms. The molecule has 3 fully saturated rings. The monoisotopic (exact) mass is 179 g/mol. The highest BCUT2D eigenvalue weighted by Crippen LogP contribution is 2.58. The summed E-state index contributed by atoms with van der Waals surface area (Å²) in [6.07, 6.45) is 2.43. The fourth-order valence-corrected chi connectivity index (χ4v) is 4.05. The minimum atomic E-state index is 0.0751. The number of ether oxygens (including phenoxy) is 1. The normalized spacial score (nSPS) is 55.8. The van der Waals surface area contributed by atoms with Gasteiger partial charge in [0.25, 0.3) is 0 Å². The van der Waals surface area contributed by atoms with Gasteiger partial charge in [0.15, 0.2) is 0 Å². The molecule has 0 aromatic heterocycles. The van der Waals surface area contributed by atoms with E-state index in [1.54, 1.807) is 0 Å². The molecule has 5 atom stereocenters. The third kappa shape index (κ3) is 0.684. The minimum absolute atomic E-state index is 0.0751. The van der Waals surface area contributed by atoms with Crippen molar-refractivity contribution in [3.63, 3.8) is 0 Å². The number of rotatable bonds is 0. The van der Waals surface area contributed by atoms with Crippen LogP contribution in [0.15, 0.2) is 0 Å². The number of cyclic esters (lactones) is 1. The summed E-state index contributed by atoms with van der Waals surface area (Å²) in [7, 11) is 3.74. The van der Waals surface area contributed by atoms with E-state index in [4.69, 9.17) is 4.74 Å². The summed E-state index contributed by atoms with van der Waals surface area (Å²) in [5, 5.41) is 0. The van der Waals surface area contributed by atoms with Crippen molar-refractivity contribution in [3.8, 4) is 0 Å². The summed E-state index contributed by atoms with van der Waals surface area (Å²) in [6.45, 7) is 0.686. The Morgan fingerprint density at radius 2 is 2.17 bits per heavy atom. The van der Waals surface area contributed by atoms with E-state index in [1.807, 2.05) is 0 Å². The van der Waals surface area contributed by atoms with E-state index in [0.717, 1.165) is 0 Å². The topological polar surface area (TPSA) is 26.3 Å². The molecule has 5 unspecified atom stereocenters.